The van der Waals surface area contributed by atoms with Crippen LogP contribution in [0.5, 0.6) is 5.75 Å². The molecular weight excluding hydrogens is 285 g/mol. The van der Waals surface area contributed by atoms with Crippen LogP contribution < -0.4 is 4.74 Å². The molecular formula is C9H5ClF5NO2. The van der Waals surface area contributed by atoms with E-state index in [4.69, 9.17) is 11.6 Å². The average Bonchev–Trinajstić information content (AvgIpc) is 2.25. The van der Waals surface area contributed by atoms with E-state index in [0.29, 0.717) is 6.07 Å². The smallest absolute Gasteiger partial charge is 0.405 e. The number of hydrogen-bond donors (Lipinski definition) is 0. The Kier molecular flexibility index (Phi) is 4.44. The first-order chi connectivity index (χ1) is 8.28. The molecule has 1 aromatic heterocycles. The molecule has 1 heterocycles. The molecule has 9 heteroatoms. The third-order valence-corrected chi connectivity index (χ3v) is 2.07. The summed E-state index contributed by atoms with van der Waals surface area (Å²) in [5.41, 5.74) is -2.22. The van der Waals surface area contributed by atoms with Gasteiger partial charge in [-0.2, -0.15) is 0 Å². The minimum absolute atomic E-state index is 0.0826. The minimum Gasteiger partial charge on any atom is -0.405 e. The van der Waals surface area contributed by atoms with Crippen molar-refractivity contribution >= 4 is 17.9 Å². The molecule has 0 spiro atoms. The molecule has 0 aliphatic rings. The highest BCUT2D eigenvalue weighted by atomic mass is 35.5. The quantitative estimate of drug-likeness (QED) is 0.484. The van der Waals surface area contributed by atoms with Crippen molar-refractivity contribution in [2.45, 2.75) is 18.7 Å². The standard InChI is InChI=1S/C9H5ClF5NO2/c10-2-4-1-6(18-9(13,14)15)7(8(11)12)5(3-17)16-4/h1,3,8H,2H2. The molecule has 0 bridgehead atoms. The summed E-state index contributed by atoms with van der Waals surface area (Å²) in [6.45, 7) is 0. The number of rotatable bonds is 4. The molecule has 3 nitrogen and oxygen atoms in total. The molecule has 0 N–H and O–H groups in total. The Balaban J connectivity index is 3.39. The Bertz CT molecular complexity index is 449. The molecule has 0 radical (unpaired) electrons. The van der Waals surface area contributed by atoms with E-state index in [2.05, 4.69) is 9.72 Å². The second-order valence-corrected chi connectivity index (χ2v) is 3.28. The summed E-state index contributed by atoms with van der Waals surface area (Å²) in [6, 6.07) is 0.620. The first-order valence-corrected chi connectivity index (χ1v) is 4.90. The summed E-state index contributed by atoms with van der Waals surface area (Å²) in [7, 11) is 0. The van der Waals surface area contributed by atoms with E-state index in [9.17, 15) is 26.7 Å². The van der Waals surface area contributed by atoms with Gasteiger partial charge in [-0.3, -0.25) is 4.79 Å². The largest absolute Gasteiger partial charge is 0.573 e. The van der Waals surface area contributed by atoms with Gasteiger partial charge in [-0.15, -0.1) is 24.8 Å². The number of carbonyl (C=O) groups is 1. The molecule has 1 aromatic rings. The van der Waals surface area contributed by atoms with Gasteiger partial charge in [-0.1, -0.05) is 0 Å². The Labute approximate surface area is 103 Å². The monoisotopic (exact) mass is 289 g/mol. The zero-order chi connectivity index (χ0) is 13.9. The van der Waals surface area contributed by atoms with Crippen LogP contribution in [0.4, 0.5) is 22.0 Å². The lowest BCUT2D eigenvalue weighted by Crippen LogP contribution is -2.19. The number of halogens is 6. The van der Waals surface area contributed by atoms with Crippen LogP contribution in [0.15, 0.2) is 6.07 Å². The molecule has 0 saturated heterocycles. The van der Waals surface area contributed by atoms with Crippen molar-refractivity contribution in [1.29, 1.82) is 0 Å². The van der Waals surface area contributed by atoms with Crippen LogP contribution >= 0.6 is 11.6 Å². The fourth-order valence-corrected chi connectivity index (χ4v) is 1.33. The molecule has 0 unspecified atom stereocenters. The van der Waals surface area contributed by atoms with Crippen molar-refractivity contribution in [1.82, 2.24) is 4.98 Å². The summed E-state index contributed by atoms with van der Waals surface area (Å²) in [5.74, 6) is -1.52. The third kappa shape index (κ3) is 3.52. The first kappa shape index (κ1) is 14.6. The van der Waals surface area contributed by atoms with Gasteiger partial charge in [-0.25, -0.2) is 13.8 Å². The Morgan fingerprint density at radius 1 is 1.44 bits per heavy atom. The zero-order valence-corrected chi connectivity index (χ0v) is 9.23. The minimum atomic E-state index is -5.16. The van der Waals surface area contributed by atoms with Crippen LogP contribution in [0.2, 0.25) is 0 Å². The van der Waals surface area contributed by atoms with Gasteiger partial charge in [0.15, 0.2) is 6.29 Å². The zero-order valence-electron chi connectivity index (χ0n) is 8.47. The number of aromatic nitrogens is 1. The van der Waals surface area contributed by atoms with Crippen molar-refractivity contribution in [2.75, 3.05) is 0 Å². The van der Waals surface area contributed by atoms with Gasteiger partial charge in [0, 0.05) is 6.07 Å². The molecule has 18 heavy (non-hydrogen) atoms. The van der Waals surface area contributed by atoms with Gasteiger partial charge < -0.3 is 4.74 Å². The van der Waals surface area contributed by atoms with Crippen LogP contribution in [0.3, 0.4) is 0 Å². The SMILES string of the molecule is O=Cc1nc(CCl)cc(OC(F)(F)F)c1C(F)F. The summed E-state index contributed by atoms with van der Waals surface area (Å²) in [5, 5.41) is 0. The van der Waals surface area contributed by atoms with E-state index < -0.39 is 29.8 Å². The number of nitrogens with zero attached hydrogens (tertiary/aromatic N) is 1. The van der Waals surface area contributed by atoms with Gasteiger partial charge in [0.2, 0.25) is 0 Å². The molecule has 0 saturated carbocycles. The topological polar surface area (TPSA) is 39.2 Å². The summed E-state index contributed by atoms with van der Waals surface area (Å²) in [4.78, 5) is 13.9. The second-order valence-electron chi connectivity index (χ2n) is 3.01. The highest BCUT2D eigenvalue weighted by molar-refractivity contribution is 6.16. The Hall–Kier alpha value is -1.44. The summed E-state index contributed by atoms with van der Waals surface area (Å²) in [6.07, 6.45) is -8.57. The van der Waals surface area contributed by atoms with Crippen molar-refractivity contribution in [3.8, 4) is 5.75 Å². The van der Waals surface area contributed by atoms with E-state index in [1.54, 1.807) is 0 Å². The second kappa shape index (κ2) is 5.47. The van der Waals surface area contributed by atoms with Crippen LogP contribution in [0.1, 0.15) is 28.2 Å². The van der Waals surface area contributed by atoms with Crippen LogP contribution in [-0.2, 0) is 5.88 Å². The van der Waals surface area contributed by atoms with Gasteiger partial charge >= 0.3 is 6.36 Å². The number of alkyl halides is 6. The molecule has 0 amide bonds. The van der Waals surface area contributed by atoms with E-state index >= 15 is 0 Å². The fraction of sp³-hybridized carbons (Fsp3) is 0.333. The van der Waals surface area contributed by atoms with E-state index in [0.717, 1.165) is 0 Å². The fourth-order valence-electron chi connectivity index (χ4n) is 1.19. The first-order valence-electron chi connectivity index (χ1n) is 4.37. The number of carbonyl (C=O) groups excluding carboxylic acids is 1. The summed E-state index contributed by atoms with van der Waals surface area (Å²) < 4.78 is 64.8. The van der Waals surface area contributed by atoms with Gasteiger partial charge in [-0.05, 0) is 0 Å². The molecule has 0 fully saturated rings. The van der Waals surface area contributed by atoms with Gasteiger partial charge in [0.25, 0.3) is 6.43 Å². The van der Waals surface area contributed by atoms with E-state index in [1.165, 1.54) is 0 Å². The third-order valence-electron chi connectivity index (χ3n) is 1.80. The van der Waals surface area contributed by atoms with Crippen molar-refractivity contribution < 1.29 is 31.5 Å². The van der Waals surface area contributed by atoms with Crippen LogP contribution in [0, 0.1) is 0 Å². The maximum Gasteiger partial charge on any atom is 0.573 e. The number of ether oxygens (including phenoxy) is 1. The van der Waals surface area contributed by atoms with Crippen LogP contribution in [0.25, 0.3) is 0 Å². The molecule has 0 atom stereocenters. The average molecular weight is 290 g/mol. The lowest BCUT2D eigenvalue weighted by atomic mass is 10.1. The maximum atomic E-state index is 12.6. The van der Waals surface area contributed by atoms with Crippen LogP contribution in [-0.4, -0.2) is 17.6 Å². The van der Waals surface area contributed by atoms with E-state index in [1.807, 2.05) is 0 Å². The molecule has 0 aliphatic heterocycles. The lowest BCUT2D eigenvalue weighted by molar-refractivity contribution is -0.275. The summed E-state index contributed by atoms with van der Waals surface area (Å²) >= 11 is 5.33. The van der Waals surface area contributed by atoms with Gasteiger partial charge in [0.1, 0.15) is 11.4 Å². The molecule has 0 aliphatic carbocycles. The predicted octanol–water partition coefficient (Wildman–Crippen LogP) is 3.47. The molecule has 1 rings (SSSR count). The number of aldehydes is 1. The highest BCUT2D eigenvalue weighted by Gasteiger charge is 2.34. The van der Waals surface area contributed by atoms with Crippen molar-refractivity contribution in [3.05, 3.63) is 23.0 Å². The predicted molar refractivity (Wildman–Crippen MR) is 50.8 cm³/mol. The lowest BCUT2D eigenvalue weighted by Gasteiger charge is -2.14. The highest BCUT2D eigenvalue weighted by Crippen LogP contribution is 2.35. The molecule has 0 aromatic carbocycles. The Morgan fingerprint density at radius 3 is 2.44 bits per heavy atom. The normalized spacial score (nSPS) is 11.7. The molecule has 100 valence electrons. The van der Waals surface area contributed by atoms with Crippen molar-refractivity contribution in [3.63, 3.8) is 0 Å². The maximum absolute atomic E-state index is 12.6. The van der Waals surface area contributed by atoms with Crippen molar-refractivity contribution in [2.24, 2.45) is 0 Å². The Morgan fingerprint density at radius 2 is 2.06 bits per heavy atom. The number of hydrogen-bond acceptors (Lipinski definition) is 3. The van der Waals surface area contributed by atoms with E-state index in [-0.39, 0.29) is 17.9 Å². The number of pyridine rings is 1. The van der Waals surface area contributed by atoms with Gasteiger partial charge in [0.05, 0.1) is 17.1 Å².